The summed E-state index contributed by atoms with van der Waals surface area (Å²) in [6.45, 7) is 9.91. The minimum Gasteiger partial charge on any atom is -0.480 e. The number of fused-ring (bicyclic) bond motifs is 1. The first-order valence-corrected chi connectivity index (χ1v) is 10.1. The summed E-state index contributed by atoms with van der Waals surface area (Å²) in [6.07, 6.45) is 0. The molecular weight excluding hydrogens is 431 g/mol. The van der Waals surface area contributed by atoms with Crippen LogP contribution in [-0.2, 0) is 19.1 Å². The Morgan fingerprint density at radius 2 is 1.07 bits per heavy atom. The Kier molecular flexibility index (Phi) is 7.48. The normalized spacial score (nSPS) is 11.9. The van der Waals surface area contributed by atoms with Gasteiger partial charge in [0, 0.05) is 10.8 Å². The first kappa shape index (κ1) is 24.1. The van der Waals surface area contributed by atoms with Crippen LogP contribution in [0.3, 0.4) is 0 Å². The molecule has 0 aliphatic carbocycles. The zero-order valence-corrected chi connectivity index (χ0v) is 19.4. The maximum absolute atomic E-state index is 12.0. The second-order valence-corrected chi connectivity index (χ2v) is 9.34. The van der Waals surface area contributed by atoms with Crippen molar-refractivity contribution in [1.29, 1.82) is 0 Å². The van der Waals surface area contributed by atoms with Crippen LogP contribution in [0.15, 0.2) is 24.3 Å². The highest BCUT2D eigenvalue weighted by Gasteiger charge is 2.23. The molecule has 0 heterocycles. The Morgan fingerprint density at radius 1 is 0.733 bits per heavy atom. The van der Waals surface area contributed by atoms with E-state index in [0.717, 1.165) is 0 Å². The monoisotopic (exact) mass is 456 g/mol. The molecule has 2 aromatic carbocycles. The lowest BCUT2D eigenvalue weighted by Crippen LogP contribution is -2.27. The molecule has 0 aliphatic heterocycles. The molecule has 2 rings (SSSR count). The average molecular weight is 457 g/mol. The largest absolute Gasteiger partial charge is 0.480 e. The number of hydrogen-bond donors (Lipinski definition) is 0. The van der Waals surface area contributed by atoms with Gasteiger partial charge in [0.25, 0.3) is 0 Å². The number of carbonyl (C=O) groups excluding carboxylic acids is 2. The molecule has 0 aliphatic rings. The molecule has 8 heteroatoms. The summed E-state index contributed by atoms with van der Waals surface area (Å²) in [5, 5.41) is 1.29. The van der Waals surface area contributed by atoms with E-state index in [4.69, 9.17) is 42.1 Å². The lowest BCUT2D eigenvalue weighted by atomic mass is 10.1. The third kappa shape index (κ3) is 6.67. The molecule has 0 amide bonds. The highest BCUT2D eigenvalue weighted by atomic mass is 35.5. The number of carbonyl (C=O) groups is 2. The quantitative estimate of drug-likeness (QED) is 0.527. The highest BCUT2D eigenvalue weighted by Crippen LogP contribution is 2.46. The summed E-state index contributed by atoms with van der Waals surface area (Å²) in [4.78, 5) is 24.0. The molecule has 0 unspecified atom stereocenters. The number of rotatable bonds is 6. The van der Waals surface area contributed by atoms with Crippen molar-refractivity contribution in [1.82, 2.24) is 0 Å². The van der Waals surface area contributed by atoms with Crippen LogP contribution in [-0.4, -0.2) is 36.4 Å². The minimum absolute atomic E-state index is 0.0677. The van der Waals surface area contributed by atoms with Crippen molar-refractivity contribution >= 4 is 45.9 Å². The summed E-state index contributed by atoms with van der Waals surface area (Å²) in [5.74, 6) is -0.617. The van der Waals surface area contributed by atoms with Crippen LogP contribution in [0.5, 0.6) is 11.5 Å². The molecule has 0 aromatic heterocycles. The van der Waals surface area contributed by atoms with Gasteiger partial charge < -0.3 is 18.9 Å². The number of halogens is 2. The topological polar surface area (TPSA) is 71.1 Å². The Bertz CT molecular complexity index is 865. The molecule has 0 atom stereocenters. The highest BCUT2D eigenvalue weighted by molar-refractivity contribution is 6.45. The lowest BCUT2D eigenvalue weighted by molar-refractivity contribution is -0.158. The molecule has 2 aromatic rings. The van der Waals surface area contributed by atoms with Gasteiger partial charge in [0.15, 0.2) is 13.2 Å². The molecule has 6 nitrogen and oxygen atoms in total. The predicted octanol–water partition coefficient (Wildman–Crippen LogP) is 5.59. The van der Waals surface area contributed by atoms with Crippen molar-refractivity contribution in [3.63, 3.8) is 0 Å². The fourth-order valence-corrected chi connectivity index (χ4v) is 3.09. The van der Waals surface area contributed by atoms with E-state index in [1.54, 1.807) is 65.8 Å². The SMILES string of the molecule is CC(C)(C)OC(=O)COc1c(Cl)c(Cl)c(OCC(=O)OC(C)(C)C)c2ccccc12. The number of ether oxygens (including phenoxy) is 4. The summed E-state index contributed by atoms with van der Waals surface area (Å²) in [7, 11) is 0. The van der Waals surface area contributed by atoms with Gasteiger partial charge in [-0.2, -0.15) is 0 Å². The molecule has 0 spiro atoms. The van der Waals surface area contributed by atoms with Gasteiger partial charge in [0.2, 0.25) is 0 Å². The first-order chi connectivity index (χ1) is 13.8. The van der Waals surface area contributed by atoms with Crippen molar-refractivity contribution in [2.75, 3.05) is 13.2 Å². The van der Waals surface area contributed by atoms with Crippen LogP contribution in [0.1, 0.15) is 41.5 Å². The maximum atomic E-state index is 12.0. The first-order valence-electron chi connectivity index (χ1n) is 9.37. The molecule has 0 bridgehead atoms. The molecule has 30 heavy (non-hydrogen) atoms. The van der Waals surface area contributed by atoms with E-state index in [0.29, 0.717) is 10.8 Å². The van der Waals surface area contributed by atoms with Gasteiger partial charge in [-0.15, -0.1) is 0 Å². The summed E-state index contributed by atoms with van der Waals surface area (Å²) in [5.41, 5.74) is -1.27. The van der Waals surface area contributed by atoms with Gasteiger partial charge in [-0.3, -0.25) is 0 Å². The van der Waals surface area contributed by atoms with Crippen LogP contribution in [0.2, 0.25) is 10.0 Å². The molecular formula is C22H26Cl2O6. The van der Waals surface area contributed by atoms with Gasteiger partial charge in [0.1, 0.15) is 32.7 Å². The van der Waals surface area contributed by atoms with Crippen molar-refractivity contribution in [3.8, 4) is 11.5 Å². The van der Waals surface area contributed by atoms with E-state index in [1.165, 1.54) is 0 Å². The third-order valence-electron chi connectivity index (χ3n) is 3.52. The van der Waals surface area contributed by atoms with Crippen molar-refractivity contribution < 1.29 is 28.5 Å². The minimum atomic E-state index is -0.636. The van der Waals surface area contributed by atoms with E-state index < -0.39 is 23.1 Å². The molecule has 0 radical (unpaired) electrons. The third-order valence-corrected chi connectivity index (χ3v) is 4.33. The zero-order valence-electron chi connectivity index (χ0n) is 17.9. The Balaban J connectivity index is 2.31. The van der Waals surface area contributed by atoms with Crippen LogP contribution >= 0.6 is 23.2 Å². The Labute approximate surface area is 186 Å². The van der Waals surface area contributed by atoms with E-state index in [-0.39, 0.29) is 34.8 Å². The second-order valence-electron chi connectivity index (χ2n) is 8.58. The summed E-state index contributed by atoms with van der Waals surface area (Å²) in [6, 6.07) is 7.07. The van der Waals surface area contributed by atoms with E-state index in [9.17, 15) is 9.59 Å². The Hall–Kier alpha value is -2.18. The molecule has 0 saturated heterocycles. The van der Waals surface area contributed by atoms with Crippen LogP contribution in [0.4, 0.5) is 0 Å². The maximum Gasteiger partial charge on any atom is 0.344 e. The van der Waals surface area contributed by atoms with Crippen molar-refractivity contribution in [3.05, 3.63) is 34.3 Å². The number of hydrogen-bond acceptors (Lipinski definition) is 6. The molecule has 0 saturated carbocycles. The summed E-state index contributed by atoms with van der Waals surface area (Å²) < 4.78 is 21.8. The number of benzene rings is 2. The molecule has 0 fully saturated rings. The van der Waals surface area contributed by atoms with Gasteiger partial charge in [-0.05, 0) is 41.5 Å². The van der Waals surface area contributed by atoms with E-state index in [1.807, 2.05) is 0 Å². The van der Waals surface area contributed by atoms with Gasteiger partial charge >= 0.3 is 11.9 Å². The summed E-state index contributed by atoms with van der Waals surface area (Å²) >= 11 is 12.8. The van der Waals surface area contributed by atoms with Crippen molar-refractivity contribution in [2.45, 2.75) is 52.7 Å². The number of esters is 2. The molecule has 164 valence electrons. The van der Waals surface area contributed by atoms with Gasteiger partial charge in [-0.25, -0.2) is 9.59 Å². The van der Waals surface area contributed by atoms with Crippen LogP contribution < -0.4 is 9.47 Å². The van der Waals surface area contributed by atoms with E-state index in [2.05, 4.69) is 0 Å². The second kappa shape index (κ2) is 9.31. The van der Waals surface area contributed by atoms with Crippen LogP contribution in [0.25, 0.3) is 10.8 Å². The Morgan fingerprint density at radius 3 is 1.37 bits per heavy atom. The fraction of sp³-hybridized carbons (Fsp3) is 0.455. The van der Waals surface area contributed by atoms with Crippen molar-refractivity contribution in [2.24, 2.45) is 0 Å². The standard InChI is InChI=1S/C22H26Cl2O6/c1-21(2,3)29-15(25)11-27-19-13-9-7-8-10-14(13)20(18(24)17(19)23)28-12-16(26)30-22(4,5)6/h7-10H,11-12H2,1-6H3. The average Bonchev–Trinajstić information content (AvgIpc) is 2.59. The van der Waals surface area contributed by atoms with Crippen LogP contribution in [0, 0.1) is 0 Å². The smallest absolute Gasteiger partial charge is 0.344 e. The predicted molar refractivity (Wildman–Crippen MR) is 117 cm³/mol. The van der Waals surface area contributed by atoms with Gasteiger partial charge in [0.05, 0.1) is 0 Å². The fourth-order valence-electron chi connectivity index (χ4n) is 2.60. The van der Waals surface area contributed by atoms with E-state index >= 15 is 0 Å². The van der Waals surface area contributed by atoms with Gasteiger partial charge in [-0.1, -0.05) is 47.5 Å². The lowest BCUT2D eigenvalue weighted by Gasteiger charge is -2.21. The molecule has 0 N–H and O–H groups in total. The zero-order chi connectivity index (χ0) is 22.7.